The average Bonchev–Trinajstić information content (AvgIpc) is 2.67. The van der Waals surface area contributed by atoms with Crippen molar-refractivity contribution < 1.29 is 28.6 Å². The molecule has 1 fully saturated rings. The SMILES string of the molecule is CCOC(=O)C1C(=O)N(Cc2ccc(OC)c(OC)c2)C12C=CC(=O)C=C2. The molecule has 7 heteroatoms. The van der Waals surface area contributed by atoms with Gasteiger partial charge in [-0.15, -0.1) is 0 Å². The van der Waals surface area contributed by atoms with Crippen molar-refractivity contribution >= 4 is 17.7 Å². The maximum Gasteiger partial charge on any atom is 0.321 e. The number of amides is 1. The Morgan fingerprint density at radius 2 is 1.78 bits per heavy atom. The minimum Gasteiger partial charge on any atom is -0.493 e. The summed E-state index contributed by atoms with van der Waals surface area (Å²) in [6.45, 7) is 2.11. The molecule has 0 radical (unpaired) electrons. The highest BCUT2D eigenvalue weighted by molar-refractivity contribution is 6.09. The minimum absolute atomic E-state index is 0.181. The summed E-state index contributed by atoms with van der Waals surface area (Å²) in [4.78, 5) is 38.2. The first kappa shape index (κ1) is 18.7. The number of ether oxygens (including phenoxy) is 3. The van der Waals surface area contributed by atoms with Gasteiger partial charge in [0.15, 0.2) is 23.2 Å². The predicted octanol–water partition coefficient (Wildman–Crippen LogP) is 1.66. The van der Waals surface area contributed by atoms with E-state index in [9.17, 15) is 14.4 Å². The summed E-state index contributed by atoms with van der Waals surface area (Å²) in [5, 5.41) is 0. The van der Waals surface area contributed by atoms with E-state index < -0.39 is 17.4 Å². The van der Waals surface area contributed by atoms with Crippen molar-refractivity contribution in [1.29, 1.82) is 0 Å². The van der Waals surface area contributed by atoms with Crippen molar-refractivity contribution in [2.24, 2.45) is 5.92 Å². The Hall–Kier alpha value is -3.09. The van der Waals surface area contributed by atoms with E-state index >= 15 is 0 Å². The molecule has 0 aromatic heterocycles. The molecule has 27 heavy (non-hydrogen) atoms. The Balaban J connectivity index is 1.92. The third kappa shape index (κ3) is 3.09. The molecule has 3 rings (SSSR count). The highest BCUT2D eigenvalue weighted by Crippen LogP contribution is 2.44. The zero-order valence-electron chi connectivity index (χ0n) is 15.4. The molecule has 1 aromatic carbocycles. The summed E-state index contributed by atoms with van der Waals surface area (Å²) < 4.78 is 15.6. The molecule has 0 bridgehead atoms. The van der Waals surface area contributed by atoms with Gasteiger partial charge >= 0.3 is 5.97 Å². The standard InChI is InChI=1S/C20H21NO6/c1-4-27-19(24)17-18(23)21(20(17)9-7-14(22)8-10-20)12-13-5-6-15(25-2)16(11-13)26-3/h5-11,17H,4,12H2,1-3H3. The fourth-order valence-electron chi connectivity index (χ4n) is 3.44. The van der Waals surface area contributed by atoms with Crippen LogP contribution in [-0.4, -0.2) is 48.9 Å². The molecule has 1 aliphatic carbocycles. The summed E-state index contributed by atoms with van der Waals surface area (Å²) in [7, 11) is 3.08. The summed E-state index contributed by atoms with van der Waals surface area (Å²) in [6.07, 6.45) is 5.94. The van der Waals surface area contributed by atoms with Gasteiger partial charge in [-0.05, 0) is 48.9 Å². The lowest BCUT2D eigenvalue weighted by Gasteiger charge is -2.54. The van der Waals surface area contributed by atoms with E-state index in [1.165, 1.54) is 19.3 Å². The first-order valence-electron chi connectivity index (χ1n) is 8.58. The van der Waals surface area contributed by atoms with E-state index in [0.717, 1.165) is 5.56 Å². The summed E-state index contributed by atoms with van der Waals surface area (Å²) in [5.74, 6) is -0.976. The van der Waals surface area contributed by atoms with Gasteiger partial charge in [0.1, 0.15) is 5.54 Å². The number of hydrogen-bond acceptors (Lipinski definition) is 6. The first-order valence-corrected chi connectivity index (χ1v) is 8.58. The molecule has 0 saturated carbocycles. The van der Waals surface area contributed by atoms with Crippen molar-refractivity contribution in [3.63, 3.8) is 0 Å². The molecule has 0 N–H and O–H groups in total. The van der Waals surface area contributed by atoms with Crippen molar-refractivity contribution in [3.05, 3.63) is 48.1 Å². The second-order valence-corrected chi connectivity index (χ2v) is 6.26. The molecule has 1 atom stereocenters. The normalized spacial score (nSPS) is 19.8. The number of methoxy groups -OCH3 is 2. The summed E-state index contributed by atoms with van der Waals surface area (Å²) >= 11 is 0. The van der Waals surface area contributed by atoms with Gasteiger partial charge in [0.25, 0.3) is 0 Å². The third-order valence-electron chi connectivity index (χ3n) is 4.78. The zero-order valence-corrected chi connectivity index (χ0v) is 15.4. The van der Waals surface area contributed by atoms with Crippen molar-refractivity contribution in [3.8, 4) is 11.5 Å². The molecule has 7 nitrogen and oxygen atoms in total. The molecule has 1 heterocycles. The van der Waals surface area contributed by atoms with Crippen LogP contribution in [0.2, 0.25) is 0 Å². The van der Waals surface area contributed by atoms with Crippen molar-refractivity contribution in [2.45, 2.75) is 19.0 Å². The topological polar surface area (TPSA) is 82.1 Å². The smallest absolute Gasteiger partial charge is 0.321 e. The number of allylic oxidation sites excluding steroid dienone is 2. The number of likely N-dealkylation sites (tertiary alicyclic amines) is 1. The number of nitrogens with zero attached hydrogens (tertiary/aromatic N) is 1. The fraction of sp³-hybridized carbons (Fsp3) is 0.350. The van der Waals surface area contributed by atoms with E-state index in [-0.39, 0.29) is 24.8 Å². The Labute approximate surface area is 157 Å². The number of carbonyl (C=O) groups is 3. The molecular formula is C20H21NO6. The number of ketones is 1. The Morgan fingerprint density at radius 1 is 1.11 bits per heavy atom. The molecule has 2 aliphatic rings. The monoisotopic (exact) mass is 371 g/mol. The van der Waals surface area contributed by atoms with Crippen LogP contribution in [0.25, 0.3) is 0 Å². The Bertz CT molecular complexity index is 825. The summed E-state index contributed by atoms with van der Waals surface area (Å²) in [6, 6.07) is 5.35. The van der Waals surface area contributed by atoms with Gasteiger partial charge in [-0.25, -0.2) is 0 Å². The molecule has 1 unspecified atom stereocenters. The zero-order chi connectivity index (χ0) is 19.6. The van der Waals surface area contributed by atoms with Gasteiger partial charge in [0.2, 0.25) is 5.91 Å². The van der Waals surface area contributed by atoms with Crippen LogP contribution < -0.4 is 9.47 Å². The Morgan fingerprint density at radius 3 is 2.37 bits per heavy atom. The molecule has 1 aliphatic heterocycles. The number of benzene rings is 1. The predicted molar refractivity (Wildman–Crippen MR) is 96.2 cm³/mol. The van der Waals surface area contributed by atoms with Gasteiger partial charge in [-0.3, -0.25) is 14.4 Å². The highest BCUT2D eigenvalue weighted by atomic mass is 16.5. The van der Waals surface area contributed by atoms with E-state index in [4.69, 9.17) is 14.2 Å². The number of β-lactam (4-membered cyclic amide) rings is 1. The molecule has 1 spiro atoms. The van der Waals surface area contributed by atoms with Gasteiger partial charge in [-0.1, -0.05) is 6.07 Å². The van der Waals surface area contributed by atoms with Crippen LogP contribution in [0.15, 0.2) is 42.5 Å². The minimum atomic E-state index is -0.996. The van der Waals surface area contributed by atoms with Crippen LogP contribution >= 0.6 is 0 Å². The highest BCUT2D eigenvalue weighted by Gasteiger charge is 2.62. The molecule has 1 amide bonds. The van der Waals surface area contributed by atoms with E-state index in [0.29, 0.717) is 11.5 Å². The maximum atomic E-state index is 12.7. The van der Waals surface area contributed by atoms with E-state index in [2.05, 4.69) is 0 Å². The molecule has 1 saturated heterocycles. The van der Waals surface area contributed by atoms with Crippen LogP contribution in [0.5, 0.6) is 11.5 Å². The second-order valence-electron chi connectivity index (χ2n) is 6.26. The lowest BCUT2D eigenvalue weighted by atomic mass is 9.70. The van der Waals surface area contributed by atoms with Crippen LogP contribution in [0.1, 0.15) is 12.5 Å². The number of hydrogen-bond donors (Lipinski definition) is 0. The van der Waals surface area contributed by atoms with Crippen LogP contribution in [0, 0.1) is 5.92 Å². The largest absolute Gasteiger partial charge is 0.493 e. The number of esters is 1. The van der Waals surface area contributed by atoms with E-state index in [1.54, 1.807) is 43.2 Å². The van der Waals surface area contributed by atoms with Crippen LogP contribution in [-0.2, 0) is 25.7 Å². The molecular weight excluding hydrogens is 350 g/mol. The summed E-state index contributed by atoms with van der Waals surface area (Å²) in [5.41, 5.74) is -0.189. The van der Waals surface area contributed by atoms with Crippen molar-refractivity contribution in [1.82, 2.24) is 4.90 Å². The lowest BCUT2D eigenvalue weighted by molar-refractivity contribution is -0.177. The maximum absolute atomic E-state index is 12.7. The Kier molecular flexibility index (Phi) is 5.03. The van der Waals surface area contributed by atoms with Gasteiger partial charge in [0, 0.05) is 6.54 Å². The molecule has 1 aromatic rings. The quantitative estimate of drug-likeness (QED) is 0.430. The molecule has 142 valence electrons. The first-order chi connectivity index (χ1) is 13.0. The number of rotatable bonds is 6. The fourth-order valence-corrected chi connectivity index (χ4v) is 3.44. The van der Waals surface area contributed by atoms with Gasteiger partial charge in [0.05, 0.1) is 20.8 Å². The van der Waals surface area contributed by atoms with E-state index in [1.807, 2.05) is 6.07 Å². The second kappa shape index (κ2) is 7.26. The third-order valence-corrected chi connectivity index (χ3v) is 4.78. The van der Waals surface area contributed by atoms with Crippen LogP contribution in [0.4, 0.5) is 0 Å². The van der Waals surface area contributed by atoms with Gasteiger partial charge < -0.3 is 19.1 Å². The van der Waals surface area contributed by atoms with Crippen molar-refractivity contribution in [2.75, 3.05) is 20.8 Å². The van der Waals surface area contributed by atoms with Gasteiger partial charge in [-0.2, -0.15) is 0 Å². The lowest BCUT2D eigenvalue weighted by Crippen LogP contribution is -2.71. The average molecular weight is 371 g/mol. The van der Waals surface area contributed by atoms with Crippen LogP contribution in [0.3, 0.4) is 0 Å². The number of carbonyl (C=O) groups excluding carboxylic acids is 3.